The predicted octanol–water partition coefficient (Wildman–Crippen LogP) is 6.52. The summed E-state index contributed by atoms with van der Waals surface area (Å²) in [4.78, 5) is 0. The third-order valence-electron chi connectivity index (χ3n) is 5.82. The van der Waals surface area contributed by atoms with E-state index in [1.165, 1.54) is 69.0 Å². The van der Waals surface area contributed by atoms with Crippen molar-refractivity contribution in [2.45, 2.75) is 69.4 Å². The maximum atomic E-state index is 13.0. The molecule has 1 aromatic rings. The monoisotopic (exact) mass is 337 g/mol. The van der Waals surface area contributed by atoms with Gasteiger partial charge in [-0.05, 0) is 73.2 Å². The summed E-state index contributed by atoms with van der Waals surface area (Å²) in [6, 6.07) is 9.83. The Balaban J connectivity index is 1.39. The molecule has 3 rings (SSSR count). The zero-order valence-electron chi connectivity index (χ0n) is 13.4. The Labute approximate surface area is 140 Å². The molecule has 0 nitrogen and oxygen atoms in total. The lowest BCUT2D eigenvalue weighted by molar-refractivity contribution is 0.280. The third kappa shape index (κ3) is 4.58. The highest BCUT2D eigenvalue weighted by Gasteiger charge is 2.25. The molecule has 2 aliphatic rings. The predicted molar refractivity (Wildman–Crippen MR) is 94.3 cm³/mol. The molecule has 1 aliphatic heterocycles. The van der Waals surface area contributed by atoms with Crippen LogP contribution in [0.3, 0.4) is 0 Å². The first-order valence-corrected chi connectivity index (χ1v) is 11.9. The molecule has 0 aromatic heterocycles. The van der Waals surface area contributed by atoms with Crippen molar-refractivity contribution < 1.29 is 4.39 Å². The maximum Gasteiger partial charge on any atom is 0.165 e. The van der Waals surface area contributed by atoms with E-state index in [9.17, 15) is 4.39 Å². The molecule has 1 aromatic carbocycles. The van der Waals surface area contributed by atoms with Crippen LogP contribution in [-0.4, -0.2) is 8.11 Å². The summed E-state index contributed by atoms with van der Waals surface area (Å²) in [7, 11) is -0.463. The molecule has 1 heterocycles. The van der Waals surface area contributed by atoms with Gasteiger partial charge in [-0.25, -0.2) is 4.39 Å². The van der Waals surface area contributed by atoms with E-state index in [0.717, 1.165) is 11.8 Å². The average Bonchev–Trinajstić information content (AvgIpc) is 2.56. The highest BCUT2D eigenvalue weighted by atomic mass is 35.6. The Morgan fingerprint density at radius 2 is 1.41 bits per heavy atom. The van der Waals surface area contributed by atoms with E-state index in [2.05, 4.69) is 0 Å². The molecule has 0 amide bonds. The van der Waals surface area contributed by atoms with E-state index in [1.807, 2.05) is 12.1 Å². The minimum Gasteiger partial charge on any atom is -0.207 e. The first kappa shape index (κ1) is 16.5. The second-order valence-electron chi connectivity index (χ2n) is 7.31. The number of hydrogen-bond donors (Lipinski definition) is 0. The summed E-state index contributed by atoms with van der Waals surface area (Å²) in [5.41, 5.74) is 1.34. The Kier molecular flexibility index (Phi) is 5.98. The molecule has 0 N–H and O–H groups in total. The van der Waals surface area contributed by atoms with E-state index in [4.69, 9.17) is 11.1 Å². The summed E-state index contributed by atoms with van der Waals surface area (Å²) in [6.07, 6.45) is 10.9. The standard InChI is InChI=1S/C19H27ClFSi/c20-22-13-11-16(12-14-22)2-1-15-3-5-17(6-4-15)18-7-9-19(21)10-8-18/h7-10,15-17H,1-6,11-14H2. The number of rotatable bonds is 4. The summed E-state index contributed by atoms with van der Waals surface area (Å²) in [6.45, 7) is 0. The van der Waals surface area contributed by atoms with Crippen LogP contribution in [0.25, 0.3) is 0 Å². The van der Waals surface area contributed by atoms with Gasteiger partial charge in [-0.2, -0.15) is 11.1 Å². The van der Waals surface area contributed by atoms with Crippen molar-refractivity contribution in [3.8, 4) is 0 Å². The smallest absolute Gasteiger partial charge is 0.165 e. The minimum absolute atomic E-state index is 0.119. The van der Waals surface area contributed by atoms with Crippen molar-refractivity contribution in [3.63, 3.8) is 0 Å². The molecule has 0 bridgehead atoms. The van der Waals surface area contributed by atoms with Gasteiger partial charge < -0.3 is 0 Å². The summed E-state index contributed by atoms with van der Waals surface area (Å²) >= 11 is 6.29. The molecule has 1 saturated carbocycles. The largest absolute Gasteiger partial charge is 0.207 e. The van der Waals surface area contributed by atoms with E-state index >= 15 is 0 Å². The first-order valence-electron chi connectivity index (χ1n) is 8.96. The van der Waals surface area contributed by atoms with E-state index in [0.29, 0.717) is 5.92 Å². The normalized spacial score (nSPS) is 27.9. The van der Waals surface area contributed by atoms with Gasteiger partial charge in [0.05, 0.1) is 0 Å². The van der Waals surface area contributed by atoms with Gasteiger partial charge in [0.2, 0.25) is 0 Å². The molecular weight excluding hydrogens is 311 g/mol. The van der Waals surface area contributed by atoms with Crippen LogP contribution in [0, 0.1) is 17.7 Å². The van der Waals surface area contributed by atoms with Crippen molar-refractivity contribution in [2.24, 2.45) is 11.8 Å². The van der Waals surface area contributed by atoms with Crippen LogP contribution in [0.1, 0.15) is 62.8 Å². The molecule has 0 spiro atoms. The maximum absolute atomic E-state index is 13.0. The molecule has 0 atom stereocenters. The van der Waals surface area contributed by atoms with Crippen LogP contribution < -0.4 is 0 Å². The van der Waals surface area contributed by atoms with Crippen molar-refractivity contribution >= 4 is 19.2 Å². The van der Waals surface area contributed by atoms with Gasteiger partial charge in [0.1, 0.15) is 5.82 Å². The number of benzene rings is 1. The van der Waals surface area contributed by atoms with Crippen molar-refractivity contribution in [1.82, 2.24) is 0 Å². The van der Waals surface area contributed by atoms with Crippen molar-refractivity contribution in [3.05, 3.63) is 35.6 Å². The zero-order valence-corrected chi connectivity index (χ0v) is 15.1. The SMILES string of the molecule is Fc1ccc(C2CCC(CCC3CC[Si](Cl)CC3)CC2)cc1. The number of hydrogen-bond acceptors (Lipinski definition) is 0. The topological polar surface area (TPSA) is 0 Å². The highest BCUT2D eigenvalue weighted by Crippen LogP contribution is 2.39. The van der Waals surface area contributed by atoms with E-state index < -0.39 is 8.11 Å². The van der Waals surface area contributed by atoms with Gasteiger partial charge in [-0.3, -0.25) is 0 Å². The molecule has 1 radical (unpaired) electrons. The van der Waals surface area contributed by atoms with Crippen molar-refractivity contribution in [1.29, 1.82) is 0 Å². The lowest BCUT2D eigenvalue weighted by Crippen LogP contribution is -2.18. The fourth-order valence-electron chi connectivity index (χ4n) is 4.27. The average molecular weight is 338 g/mol. The highest BCUT2D eigenvalue weighted by molar-refractivity contribution is 7.07. The van der Waals surface area contributed by atoms with Gasteiger partial charge in [-0.1, -0.05) is 37.8 Å². The Hall–Kier alpha value is -0.343. The Bertz CT molecular complexity index is 445. The minimum atomic E-state index is -0.463. The Morgan fingerprint density at radius 3 is 2.00 bits per heavy atom. The second-order valence-corrected chi connectivity index (χ2v) is 10.9. The number of halogens is 2. The second kappa shape index (κ2) is 7.96. The Morgan fingerprint density at radius 1 is 0.864 bits per heavy atom. The van der Waals surface area contributed by atoms with Gasteiger partial charge >= 0.3 is 0 Å². The lowest BCUT2D eigenvalue weighted by atomic mass is 9.76. The van der Waals surface area contributed by atoms with Crippen LogP contribution in [0.5, 0.6) is 0 Å². The van der Waals surface area contributed by atoms with Crippen LogP contribution in [0.15, 0.2) is 24.3 Å². The summed E-state index contributed by atoms with van der Waals surface area (Å²) in [5.74, 6) is 2.43. The van der Waals surface area contributed by atoms with Gasteiger partial charge in [-0.15, -0.1) is 0 Å². The molecule has 22 heavy (non-hydrogen) atoms. The van der Waals surface area contributed by atoms with Gasteiger partial charge in [0.15, 0.2) is 8.11 Å². The molecule has 3 heteroatoms. The third-order valence-corrected chi connectivity index (χ3v) is 8.62. The molecule has 2 fully saturated rings. The molecular formula is C19H27ClFSi. The lowest BCUT2D eigenvalue weighted by Gasteiger charge is -2.31. The van der Waals surface area contributed by atoms with Gasteiger partial charge in [0.25, 0.3) is 0 Å². The van der Waals surface area contributed by atoms with Gasteiger partial charge in [0, 0.05) is 0 Å². The van der Waals surface area contributed by atoms with Crippen LogP contribution >= 0.6 is 11.1 Å². The van der Waals surface area contributed by atoms with Crippen molar-refractivity contribution in [2.75, 3.05) is 0 Å². The van der Waals surface area contributed by atoms with Crippen LogP contribution in [0.4, 0.5) is 4.39 Å². The van der Waals surface area contributed by atoms with E-state index in [-0.39, 0.29) is 5.82 Å². The molecule has 1 aliphatic carbocycles. The molecule has 0 unspecified atom stereocenters. The summed E-state index contributed by atoms with van der Waals surface area (Å²) < 4.78 is 13.0. The molecule has 1 saturated heterocycles. The summed E-state index contributed by atoms with van der Waals surface area (Å²) in [5, 5.41) is 0. The first-order chi connectivity index (χ1) is 10.7. The van der Waals surface area contributed by atoms with Crippen LogP contribution in [-0.2, 0) is 0 Å². The molecule has 121 valence electrons. The fraction of sp³-hybridized carbons (Fsp3) is 0.684. The fourth-order valence-corrected chi connectivity index (χ4v) is 6.62. The zero-order chi connectivity index (χ0) is 15.4. The van der Waals surface area contributed by atoms with E-state index in [1.54, 1.807) is 12.1 Å². The van der Waals surface area contributed by atoms with Crippen LogP contribution in [0.2, 0.25) is 12.1 Å². The quantitative estimate of drug-likeness (QED) is 0.433.